The lowest BCUT2D eigenvalue weighted by atomic mass is 10.1. The van der Waals surface area contributed by atoms with Crippen LogP contribution in [0.1, 0.15) is 24.5 Å². The average molecular weight is 366 g/mol. The van der Waals surface area contributed by atoms with Crippen molar-refractivity contribution in [3.05, 3.63) is 59.7 Å². The molecule has 1 aliphatic heterocycles. The molecule has 2 aromatic carbocycles. The Morgan fingerprint density at radius 2 is 1.74 bits per heavy atom. The van der Waals surface area contributed by atoms with Crippen LogP contribution in [0.15, 0.2) is 48.5 Å². The monoisotopic (exact) mass is 366 g/mol. The highest BCUT2D eigenvalue weighted by Gasteiger charge is 2.36. The molecule has 1 aliphatic rings. The number of carbonyl (C=O) groups is 2. The van der Waals surface area contributed by atoms with Gasteiger partial charge in [0.05, 0.1) is 6.04 Å². The summed E-state index contributed by atoms with van der Waals surface area (Å²) in [5, 5.41) is 16.2. The topological polar surface area (TPSA) is 111 Å². The maximum atomic E-state index is 12.9. The van der Waals surface area contributed by atoms with Crippen LogP contribution in [0.5, 0.6) is 0 Å². The van der Waals surface area contributed by atoms with Crippen LogP contribution < -0.4 is 15.5 Å². The number of nitrogen functional groups attached to an aromatic ring is 1. The predicted molar refractivity (Wildman–Crippen MR) is 105 cm³/mol. The van der Waals surface area contributed by atoms with Crippen molar-refractivity contribution in [2.45, 2.75) is 25.8 Å². The van der Waals surface area contributed by atoms with E-state index in [9.17, 15) is 9.59 Å². The number of nitrogens with one attached hydrogen (secondary N) is 1. The minimum atomic E-state index is -0.825. The molecule has 0 aromatic heterocycles. The van der Waals surface area contributed by atoms with Crippen molar-refractivity contribution in [1.82, 2.24) is 0 Å². The lowest BCUT2D eigenvalue weighted by molar-refractivity contribution is -0.136. The van der Waals surface area contributed by atoms with Gasteiger partial charge in [0.1, 0.15) is 5.84 Å². The zero-order chi connectivity index (χ0) is 19.6. The number of carboxylic acids is 1. The Hall–Kier alpha value is -3.35. The second-order valence-electron chi connectivity index (χ2n) is 6.63. The number of aliphatic carboxylic acids is 1. The van der Waals surface area contributed by atoms with Gasteiger partial charge in [0.25, 0.3) is 0 Å². The molecule has 1 fully saturated rings. The third kappa shape index (κ3) is 3.92. The Bertz CT molecular complexity index is 862. The molecule has 1 unspecified atom stereocenters. The van der Waals surface area contributed by atoms with E-state index in [4.69, 9.17) is 16.2 Å². The Kier molecular flexibility index (Phi) is 5.12. The van der Waals surface area contributed by atoms with Gasteiger partial charge in [0.15, 0.2) is 0 Å². The van der Waals surface area contributed by atoms with Crippen molar-refractivity contribution in [1.29, 1.82) is 5.41 Å². The Labute approximate surface area is 157 Å². The largest absolute Gasteiger partial charge is 0.481 e. The predicted octanol–water partition coefficient (Wildman–Crippen LogP) is 2.82. The van der Waals surface area contributed by atoms with E-state index in [1.165, 1.54) is 0 Å². The van der Waals surface area contributed by atoms with Gasteiger partial charge < -0.3 is 10.8 Å². The Balaban J connectivity index is 1.76. The lowest BCUT2D eigenvalue weighted by Gasteiger charge is -2.21. The molecule has 7 nitrogen and oxygen atoms in total. The number of anilines is 2. The van der Waals surface area contributed by atoms with Crippen LogP contribution in [0.4, 0.5) is 16.2 Å². The van der Waals surface area contributed by atoms with E-state index in [0.29, 0.717) is 18.5 Å². The average Bonchev–Trinajstić information content (AvgIpc) is 2.95. The number of nitrogens with zero attached hydrogens (tertiary/aromatic N) is 2. The minimum Gasteiger partial charge on any atom is -0.481 e. The van der Waals surface area contributed by atoms with Gasteiger partial charge >= 0.3 is 12.0 Å². The number of carbonyl (C=O) groups excluding carboxylic acids is 1. The number of carboxylic acid groups (broad SMARTS) is 1. The molecule has 1 saturated heterocycles. The molecule has 1 atom stereocenters. The zero-order valence-electron chi connectivity index (χ0n) is 15.1. The van der Waals surface area contributed by atoms with Crippen LogP contribution in [0.3, 0.4) is 0 Å². The Morgan fingerprint density at radius 1 is 1.15 bits per heavy atom. The van der Waals surface area contributed by atoms with Crippen molar-refractivity contribution in [2.75, 3.05) is 16.3 Å². The number of amidine groups is 1. The molecule has 0 aliphatic carbocycles. The van der Waals surface area contributed by atoms with Gasteiger partial charge in [-0.25, -0.2) is 4.79 Å². The maximum Gasteiger partial charge on any atom is 0.329 e. The van der Waals surface area contributed by atoms with E-state index >= 15 is 0 Å². The number of hydrogen-bond donors (Lipinski definition) is 3. The molecule has 0 radical (unpaired) electrons. The summed E-state index contributed by atoms with van der Waals surface area (Å²) < 4.78 is 0. The second-order valence-corrected chi connectivity index (χ2v) is 6.63. The van der Waals surface area contributed by atoms with Crippen LogP contribution in [0.25, 0.3) is 0 Å². The van der Waals surface area contributed by atoms with Gasteiger partial charge in [0, 0.05) is 29.9 Å². The first kappa shape index (κ1) is 18.4. The summed E-state index contributed by atoms with van der Waals surface area (Å²) in [5.41, 5.74) is 8.57. The number of nitrogens with two attached hydrogens (primary N) is 1. The van der Waals surface area contributed by atoms with Crippen molar-refractivity contribution in [3.8, 4) is 0 Å². The van der Waals surface area contributed by atoms with E-state index in [1.54, 1.807) is 34.1 Å². The van der Waals surface area contributed by atoms with Crippen LogP contribution in [-0.2, 0) is 11.2 Å². The van der Waals surface area contributed by atoms with Crippen LogP contribution >= 0.6 is 0 Å². The van der Waals surface area contributed by atoms with E-state index in [1.807, 2.05) is 31.2 Å². The number of rotatable bonds is 6. The lowest BCUT2D eigenvalue weighted by Crippen LogP contribution is -2.33. The van der Waals surface area contributed by atoms with E-state index in [-0.39, 0.29) is 24.3 Å². The molecular formula is C20H22N4O3. The number of benzene rings is 2. The highest BCUT2D eigenvalue weighted by Crippen LogP contribution is 2.29. The van der Waals surface area contributed by atoms with Crippen molar-refractivity contribution in [2.24, 2.45) is 5.73 Å². The summed E-state index contributed by atoms with van der Waals surface area (Å²) in [4.78, 5) is 27.1. The fraction of sp³-hybridized carbons (Fsp3) is 0.250. The van der Waals surface area contributed by atoms with Gasteiger partial charge in [-0.15, -0.1) is 0 Å². The molecule has 2 aromatic rings. The fourth-order valence-electron chi connectivity index (χ4n) is 3.22. The first-order valence-electron chi connectivity index (χ1n) is 8.72. The second kappa shape index (κ2) is 7.49. The zero-order valence-corrected chi connectivity index (χ0v) is 15.1. The van der Waals surface area contributed by atoms with Crippen LogP contribution in [0.2, 0.25) is 0 Å². The smallest absolute Gasteiger partial charge is 0.329 e. The van der Waals surface area contributed by atoms with Gasteiger partial charge in [-0.05, 0) is 55.3 Å². The normalized spacial score (nSPS) is 16.6. The molecule has 140 valence electrons. The van der Waals surface area contributed by atoms with Crippen LogP contribution in [0, 0.1) is 5.41 Å². The first-order valence-corrected chi connectivity index (χ1v) is 8.72. The quantitative estimate of drug-likeness (QED) is 0.539. The summed E-state index contributed by atoms with van der Waals surface area (Å²) in [6.07, 6.45) is 0.552. The number of aryl methyl sites for hydroxylation is 1. The first-order chi connectivity index (χ1) is 12.9. The third-order valence-electron chi connectivity index (χ3n) is 4.66. The summed E-state index contributed by atoms with van der Waals surface area (Å²) in [6.45, 7) is 2.54. The third-order valence-corrected chi connectivity index (χ3v) is 4.66. The fourth-order valence-corrected chi connectivity index (χ4v) is 3.22. The van der Waals surface area contributed by atoms with Gasteiger partial charge in [-0.3, -0.25) is 20.0 Å². The van der Waals surface area contributed by atoms with Crippen molar-refractivity contribution in [3.63, 3.8) is 0 Å². The van der Waals surface area contributed by atoms with Crippen LogP contribution in [-0.4, -0.2) is 35.5 Å². The van der Waals surface area contributed by atoms with Gasteiger partial charge in [-0.2, -0.15) is 0 Å². The molecule has 27 heavy (non-hydrogen) atoms. The van der Waals surface area contributed by atoms with Gasteiger partial charge in [-0.1, -0.05) is 12.1 Å². The summed E-state index contributed by atoms with van der Waals surface area (Å²) in [5.74, 6) is -0.832. The summed E-state index contributed by atoms with van der Waals surface area (Å²) in [6, 6.07) is 14.4. The molecule has 7 heteroatoms. The van der Waals surface area contributed by atoms with Crippen molar-refractivity contribution >= 4 is 29.2 Å². The SMILES string of the molecule is CC1CN(c2ccc(C(=N)N)cc2)C(=O)N1c1ccc(CCC(=O)O)cc1. The molecule has 4 N–H and O–H groups in total. The molecule has 0 saturated carbocycles. The number of hydrogen-bond acceptors (Lipinski definition) is 3. The van der Waals surface area contributed by atoms with Gasteiger partial charge in [0.2, 0.25) is 0 Å². The molecule has 0 bridgehead atoms. The molecule has 3 rings (SSSR count). The molecule has 0 spiro atoms. The number of urea groups is 1. The van der Waals surface area contributed by atoms with Crippen molar-refractivity contribution < 1.29 is 14.7 Å². The summed E-state index contributed by atoms with van der Waals surface area (Å²) in [7, 11) is 0. The van der Waals surface area contributed by atoms with E-state index in [2.05, 4.69) is 0 Å². The summed E-state index contributed by atoms with van der Waals surface area (Å²) >= 11 is 0. The maximum absolute atomic E-state index is 12.9. The molecule has 1 heterocycles. The molecular weight excluding hydrogens is 344 g/mol. The standard InChI is InChI=1S/C20H22N4O3/c1-13-12-23(16-9-5-15(6-10-16)19(21)22)20(27)24(13)17-7-2-14(3-8-17)4-11-18(25)26/h2-3,5-10,13H,4,11-12H2,1H3,(H3,21,22)(H,25,26). The van der Waals surface area contributed by atoms with E-state index < -0.39 is 5.97 Å². The highest BCUT2D eigenvalue weighted by molar-refractivity contribution is 6.07. The minimum absolute atomic E-state index is 0.00477. The molecule has 2 amide bonds. The number of amides is 2. The Morgan fingerprint density at radius 3 is 2.30 bits per heavy atom. The van der Waals surface area contributed by atoms with E-state index in [0.717, 1.165) is 16.9 Å². The highest BCUT2D eigenvalue weighted by atomic mass is 16.4.